The largest absolute Gasteiger partial charge is 0.447 e. The van der Waals surface area contributed by atoms with Crippen molar-refractivity contribution < 1.29 is 4.42 Å². The Morgan fingerprint density at radius 3 is 2.53 bits per heavy atom. The summed E-state index contributed by atoms with van der Waals surface area (Å²) < 4.78 is 5.47. The fourth-order valence-electron chi connectivity index (χ4n) is 1.49. The van der Waals surface area contributed by atoms with Crippen molar-refractivity contribution in [3.05, 3.63) is 46.3 Å². The van der Waals surface area contributed by atoms with Gasteiger partial charge in [-0.25, -0.2) is 0 Å². The molecule has 0 fully saturated rings. The summed E-state index contributed by atoms with van der Waals surface area (Å²) in [6.45, 7) is 2.08. The molecule has 0 saturated carbocycles. The first-order chi connectivity index (χ1) is 8.22. The standard InChI is InChI=1S/C13H12Cl2OS/c1-2-6-10-11(14)12(13(15)16-10)17-9-7-4-3-5-8-9/h3-5,7-8H,2,6H2,1H3. The second-order valence-electron chi connectivity index (χ2n) is 3.61. The highest BCUT2D eigenvalue weighted by Crippen LogP contribution is 2.42. The number of furan rings is 1. The summed E-state index contributed by atoms with van der Waals surface area (Å²) in [5, 5.41) is 1.03. The molecule has 0 aliphatic carbocycles. The molecule has 0 N–H and O–H groups in total. The molecule has 0 amide bonds. The fraction of sp³-hybridized carbons (Fsp3) is 0.231. The lowest BCUT2D eigenvalue weighted by Crippen LogP contribution is -1.78. The molecule has 0 bridgehead atoms. The van der Waals surface area contributed by atoms with Crippen molar-refractivity contribution in [2.24, 2.45) is 0 Å². The van der Waals surface area contributed by atoms with Gasteiger partial charge in [-0.3, -0.25) is 0 Å². The van der Waals surface area contributed by atoms with Crippen molar-refractivity contribution >= 4 is 35.0 Å². The number of hydrogen-bond acceptors (Lipinski definition) is 2. The van der Waals surface area contributed by atoms with Crippen molar-refractivity contribution in [1.29, 1.82) is 0 Å². The summed E-state index contributed by atoms with van der Waals surface area (Å²) in [5.41, 5.74) is 0. The molecular weight excluding hydrogens is 275 g/mol. The Balaban J connectivity index is 2.27. The lowest BCUT2D eigenvalue weighted by Gasteiger charge is -1.99. The Morgan fingerprint density at radius 2 is 1.88 bits per heavy atom. The monoisotopic (exact) mass is 286 g/mol. The maximum Gasteiger partial charge on any atom is 0.208 e. The molecule has 0 aliphatic heterocycles. The zero-order valence-corrected chi connectivity index (χ0v) is 11.7. The second kappa shape index (κ2) is 5.85. The molecule has 1 heterocycles. The first-order valence-corrected chi connectivity index (χ1v) is 6.99. The molecule has 1 aromatic heterocycles. The minimum absolute atomic E-state index is 0.382. The van der Waals surface area contributed by atoms with E-state index >= 15 is 0 Å². The zero-order valence-electron chi connectivity index (χ0n) is 9.37. The lowest BCUT2D eigenvalue weighted by atomic mass is 10.3. The van der Waals surface area contributed by atoms with Gasteiger partial charge in [0.2, 0.25) is 5.22 Å². The van der Waals surface area contributed by atoms with Gasteiger partial charge in [-0.1, -0.05) is 48.5 Å². The van der Waals surface area contributed by atoms with Crippen LogP contribution in [0, 0.1) is 0 Å². The zero-order chi connectivity index (χ0) is 12.3. The van der Waals surface area contributed by atoms with Crippen molar-refractivity contribution in [2.45, 2.75) is 29.6 Å². The van der Waals surface area contributed by atoms with E-state index in [2.05, 4.69) is 6.92 Å². The van der Waals surface area contributed by atoms with Crippen LogP contribution in [0.1, 0.15) is 19.1 Å². The van der Waals surface area contributed by atoms with Crippen molar-refractivity contribution in [3.63, 3.8) is 0 Å². The first kappa shape index (κ1) is 12.9. The van der Waals surface area contributed by atoms with Crippen LogP contribution in [0.25, 0.3) is 0 Å². The van der Waals surface area contributed by atoms with Gasteiger partial charge in [0, 0.05) is 11.3 Å². The van der Waals surface area contributed by atoms with Crippen LogP contribution in [-0.2, 0) is 6.42 Å². The highest BCUT2D eigenvalue weighted by Gasteiger charge is 2.17. The molecule has 0 unspecified atom stereocenters. The summed E-state index contributed by atoms with van der Waals surface area (Å²) in [6, 6.07) is 9.98. The van der Waals surface area contributed by atoms with E-state index in [1.807, 2.05) is 30.3 Å². The van der Waals surface area contributed by atoms with Crippen LogP contribution in [0.4, 0.5) is 0 Å². The van der Waals surface area contributed by atoms with Crippen LogP contribution in [0.2, 0.25) is 10.2 Å². The van der Waals surface area contributed by atoms with E-state index in [1.165, 1.54) is 11.8 Å². The van der Waals surface area contributed by atoms with E-state index in [0.29, 0.717) is 10.2 Å². The van der Waals surface area contributed by atoms with Gasteiger partial charge in [-0.2, -0.15) is 0 Å². The van der Waals surface area contributed by atoms with E-state index in [0.717, 1.165) is 28.4 Å². The third-order valence-corrected chi connectivity index (χ3v) is 4.27. The van der Waals surface area contributed by atoms with Gasteiger partial charge in [-0.05, 0) is 30.2 Å². The molecule has 0 atom stereocenters. The average molecular weight is 287 g/mol. The molecule has 4 heteroatoms. The van der Waals surface area contributed by atoms with Crippen LogP contribution < -0.4 is 0 Å². The topological polar surface area (TPSA) is 13.1 Å². The predicted octanol–water partition coefficient (Wildman–Crippen LogP) is 5.69. The minimum atomic E-state index is 0.382. The van der Waals surface area contributed by atoms with Crippen LogP contribution in [0.3, 0.4) is 0 Å². The Labute approximate surface area is 115 Å². The molecule has 2 rings (SSSR count). The quantitative estimate of drug-likeness (QED) is 0.716. The van der Waals surface area contributed by atoms with Gasteiger partial charge >= 0.3 is 0 Å². The maximum absolute atomic E-state index is 6.26. The molecule has 0 radical (unpaired) electrons. The Hall–Kier alpha value is -0.570. The van der Waals surface area contributed by atoms with Crippen LogP contribution in [0.5, 0.6) is 0 Å². The summed E-state index contributed by atoms with van der Waals surface area (Å²) >= 11 is 13.9. The molecule has 0 spiro atoms. The third-order valence-electron chi connectivity index (χ3n) is 2.28. The van der Waals surface area contributed by atoms with E-state index in [-0.39, 0.29) is 0 Å². The second-order valence-corrected chi connectivity index (χ2v) is 5.41. The van der Waals surface area contributed by atoms with E-state index in [4.69, 9.17) is 27.6 Å². The van der Waals surface area contributed by atoms with Crippen molar-refractivity contribution in [2.75, 3.05) is 0 Å². The molecule has 90 valence electrons. The van der Waals surface area contributed by atoms with E-state index < -0.39 is 0 Å². The minimum Gasteiger partial charge on any atom is -0.447 e. The lowest BCUT2D eigenvalue weighted by molar-refractivity contribution is 0.505. The summed E-state index contributed by atoms with van der Waals surface area (Å²) in [5.74, 6) is 0.776. The van der Waals surface area contributed by atoms with Gasteiger partial charge in [0.25, 0.3) is 0 Å². The van der Waals surface area contributed by atoms with Gasteiger partial charge in [0.15, 0.2) is 0 Å². The van der Waals surface area contributed by atoms with Gasteiger partial charge in [0.1, 0.15) is 5.76 Å². The van der Waals surface area contributed by atoms with E-state index in [1.54, 1.807) is 0 Å². The highest BCUT2D eigenvalue weighted by atomic mass is 35.5. The number of benzene rings is 1. The van der Waals surface area contributed by atoms with Gasteiger partial charge in [0.05, 0.1) is 9.92 Å². The number of aryl methyl sites for hydroxylation is 1. The summed E-state index contributed by atoms with van der Waals surface area (Å²) in [4.78, 5) is 1.91. The maximum atomic E-state index is 6.26. The SMILES string of the molecule is CCCc1oc(Cl)c(Sc2ccccc2)c1Cl. The van der Waals surface area contributed by atoms with Crippen LogP contribution >= 0.6 is 35.0 Å². The Kier molecular flexibility index (Phi) is 4.43. The third kappa shape index (κ3) is 3.01. The van der Waals surface area contributed by atoms with Gasteiger partial charge < -0.3 is 4.42 Å². The molecule has 1 aromatic carbocycles. The number of hydrogen-bond donors (Lipinski definition) is 0. The van der Waals surface area contributed by atoms with E-state index in [9.17, 15) is 0 Å². The molecular formula is C13H12Cl2OS. The number of halogens is 2. The fourth-order valence-corrected chi connectivity index (χ4v) is 3.03. The Bertz CT molecular complexity index is 494. The molecule has 0 aliphatic rings. The Morgan fingerprint density at radius 1 is 1.18 bits per heavy atom. The summed E-state index contributed by atoms with van der Waals surface area (Å²) in [7, 11) is 0. The van der Waals surface area contributed by atoms with Crippen LogP contribution in [0.15, 0.2) is 44.5 Å². The predicted molar refractivity (Wildman–Crippen MR) is 73.3 cm³/mol. The number of rotatable bonds is 4. The van der Waals surface area contributed by atoms with Crippen molar-refractivity contribution in [1.82, 2.24) is 0 Å². The molecule has 1 nitrogen and oxygen atoms in total. The smallest absolute Gasteiger partial charge is 0.208 e. The molecule has 2 aromatic rings. The summed E-state index contributed by atoms with van der Waals surface area (Å²) in [6.07, 6.45) is 1.80. The average Bonchev–Trinajstić information content (AvgIpc) is 2.59. The van der Waals surface area contributed by atoms with Crippen LogP contribution in [-0.4, -0.2) is 0 Å². The normalized spacial score (nSPS) is 10.8. The molecule has 0 saturated heterocycles. The molecule has 17 heavy (non-hydrogen) atoms. The highest BCUT2D eigenvalue weighted by molar-refractivity contribution is 7.99. The van der Waals surface area contributed by atoms with Gasteiger partial charge in [-0.15, -0.1) is 0 Å². The first-order valence-electron chi connectivity index (χ1n) is 5.42. The van der Waals surface area contributed by atoms with Crippen molar-refractivity contribution in [3.8, 4) is 0 Å².